The van der Waals surface area contributed by atoms with Crippen LogP contribution in [0.1, 0.15) is 54.9 Å². The van der Waals surface area contributed by atoms with Crippen LogP contribution in [0.15, 0.2) is 4.99 Å². The van der Waals surface area contributed by atoms with E-state index in [2.05, 4.69) is 36.4 Å². The summed E-state index contributed by atoms with van der Waals surface area (Å²) in [5, 5.41) is 6.62. The molecule has 0 spiro atoms. The lowest BCUT2D eigenvalue weighted by molar-refractivity contribution is -0.176. The first-order valence-corrected chi connectivity index (χ1v) is 10.3. The molecule has 8 heteroatoms. The minimum absolute atomic E-state index is 0. The minimum Gasteiger partial charge on any atom is -0.378 e. The van der Waals surface area contributed by atoms with Gasteiger partial charge in [-0.3, -0.25) is 4.99 Å². The van der Waals surface area contributed by atoms with Crippen LogP contribution in [0.2, 0.25) is 0 Å². The number of sulfone groups is 1. The number of rotatable bonds is 6. The van der Waals surface area contributed by atoms with E-state index < -0.39 is 14.6 Å². The molecule has 0 heterocycles. The molecule has 25 heavy (non-hydrogen) atoms. The summed E-state index contributed by atoms with van der Waals surface area (Å²) in [5.41, 5.74) is -0.188. The molecule has 0 saturated heterocycles. The monoisotopic (exact) mass is 489 g/mol. The van der Waals surface area contributed by atoms with E-state index >= 15 is 0 Å². The third-order valence-corrected chi connectivity index (χ3v) is 8.08. The Morgan fingerprint density at radius 2 is 1.84 bits per heavy atom. The molecule has 1 aliphatic rings. The smallest absolute Gasteiger partial charge is 0.191 e. The van der Waals surface area contributed by atoms with Crippen LogP contribution in [-0.4, -0.2) is 56.7 Å². The van der Waals surface area contributed by atoms with Crippen molar-refractivity contribution in [2.75, 3.05) is 26.0 Å². The Labute approximate surface area is 170 Å². The zero-order chi connectivity index (χ0) is 18.8. The van der Waals surface area contributed by atoms with Gasteiger partial charge in [0.25, 0.3) is 0 Å². The van der Waals surface area contributed by atoms with Crippen LogP contribution in [0.5, 0.6) is 0 Å². The van der Waals surface area contributed by atoms with Crippen LogP contribution in [0, 0.1) is 5.41 Å². The number of ether oxygens (including phenoxy) is 1. The molecular weight excluding hydrogens is 453 g/mol. The Morgan fingerprint density at radius 3 is 2.24 bits per heavy atom. The van der Waals surface area contributed by atoms with Gasteiger partial charge in [0, 0.05) is 25.1 Å². The molecule has 0 aromatic heterocycles. The SMILES string of the molecule is CCNC(=NCCS(=O)(=O)C(C)(C)C)NC1CC(C)(OC)C1(C)C.I. The molecular formula is C17H36IN3O3S. The van der Waals surface area contributed by atoms with Crippen molar-refractivity contribution in [1.29, 1.82) is 0 Å². The predicted octanol–water partition coefficient (Wildman–Crippen LogP) is 2.58. The van der Waals surface area contributed by atoms with Gasteiger partial charge in [-0.2, -0.15) is 0 Å². The molecule has 0 aliphatic heterocycles. The van der Waals surface area contributed by atoms with Crippen LogP contribution in [0.4, 0.5) is 0 Å². The number of hydrogen-bond donors (Lipinski definition) is 2. The van der Waals surface area contributed by atoms with Crippen LogP contribution < -0.4 is 10.6 Å². The van der Waals surface area contributed by atoms with Crippen LogP contribution in [0.25, 0.3) is 0 Å². The fraction of sp³-hybridized carbons (Fsp3) is 0.941. The Morgan fingerprint density at radius 1 is 1.28 bits per heavy atom. The lowest BCUT2D eigenvalue weighted by atomic mass is 9.56. The summed E-state index contributed by atoms with van der Waals surface area (Å²) in [5.74, 6) is 0.717. The van der Waals surface area contributed by atoms with Crippen molar-refractivity contribution in [3.63, 3.8) is 0 Å². The summed E-state index contributed by atoms with van der Waals surface area (Å²) in [7, 11) is -1.41. The van der Waals surface area contributed by atoms with Crippen molar-refractivity contribution in [1.82, 2.24) is 10.6 Å². The molecule has 2 atom stereocenters. The Bertz CT molecular complexity index is 570. The summed E-state index contributed by atoms with van der Waals surface area (Å²) in [6.45, 7) is 14.6. The molecule has 2 unspecified atom stereocenters. The van der Waals surface area contributed by atoms with Crippen molar-refractivity contribution in [2.45, 2.75) is 71.3 Å². The Hall–Kier alpha value is -0.0900. The van der Waals surface area contributed by atoms with Gasteiger partial charge >= 0.3 is 0 Å². The van der Waals surface area contributed by atoms with E-state index in [1.54, 1.807) is 27.9 Å². The highest BCUT2D eigenvalue weighted by Crippen LogP contribution is 2.51. The first-order valence-electron chi connectivity index (χ1n) is 8.63. The van der Waals surface area contributed by atoms with Gasteiger partial charge in [-0.25, -0.2) is 8.42 Å². The van der Waals surface area contributed by atoms with Gasteiger partial charge in [0.05, 0.1) is 22.6 Å². The maximum absolute atomic E-state index is 12.2. The maximum atomic E-state index is 12.2. The van der Waals surface area contributed by atoms with Gasteiger partial charge in [0.1, 0.15) is 0 Å². The lowest BCUT2D eigenvalue weighted by Crippen LogP contribution is -2.69. The normalized spacial score (nSPS) is 26.4. The van der Waals surface area contributed by atoms with Gasteiger partial charge < -0.3 is 15.4 Å². The number of nitrogens with zero attached hydrogens (tertiary/aromatic N) is 1. The summed E-state index contributed by atoms with van der Waals surface area (Å²) < 4.78 is 29.3. The maximum Gasteiger partial charge on any atom is 0.191 e. The third kappa shape index (κ3) is 5.45. The molecule has 0 aromatic rings. The molecule has 1 fully saturated rings. The molecule has 1 rings (SSSR count). The Kier molecular flexibility index (Phi) is 8.70. The molecule has 150 valence electrons. The van der Waals surface area contributed by atoms with Gasteiger partial charge in [0.2, 0.25) is 0 Å². The van der Waals surface area contributed by atoms with E-state index in [9.17, 15) is 8.42 Å². The number of aliphatic imine (C=N–C) groups is 1. The van der Waals surface area contributed by atoms with E-state index in [1.807, 2.05) is 6.92 Å². The summed E-state index contributed by atoms with van der Waals surface area (Å²) >= 11 is 0. The highest BCUT2D eigenvalue weighted by atomic mass is 127. The molecule has 0 amide bonds. The molecule has 0 aromatic carbocycles. The first kappa shape index (κ1) is 24.9. The van der Waals surface area contributed by atoms with Gasteiger partial charge in [0.15, 0.2) is 15.8 Å². The number of methoxy groups -OCH3 is 1. The topological polar surface area (TPSA) is 79.8 Å². The number of guanidine groups is 1. The van der Waals surface area contributed by atoms with E-state index in [1.165, 1.54) is 0 Å². The molecule has 6 nitrogen and oxygen atoms in total. The van der Waals surface area contributed by atoms with Crippen molar-refractivity contribution < 1.29 is 13.2 Å². The van der Waals surface area contributed by atoms with Crippen molar-refractivity contribution in [3.05, 3.63) is 0 Å². The van der Waals surface area contributed by atoms with E-state index in [0.29, 0.717) is 5.96 Å². The zero-order valence-electron chi connectivity index (χ0n) is 16.9. The van der Waals surface area contributed by atoms with E-state index in [4.69, 9.17) is 4.74 Å². The zero-order valence-corrected chi connectivity index (χ0v) is 20.0. The van der Waals surface area contributed by atoms with E-state index in [-0.39, 0.29) is 53.3 Å². The second-order valence-corrected chi connectivity index (χ2v) is 11.1. The molecule has 0 bridgehead atoms. The highest BCUT2D eigenvalue weighted by molar-refractivity contribution is 14.0. The fourth-order valence-electron chi connectivity index (χ4n) is 2.79. The van der Waals surface area contributed by atoms with Crippen LogP contribution in [-0.2, 0) is 14.6 Å². The fourth-order valence-corrected chi connectivity index (χ4v) is 3.74. The average Bonchev–Trinajstić information content (AvgIpc) is 2.45. The summed E-state index contributed by atoms with van der Waals surface area (Å²) in [4.78, 5) is 4.45. The highest BCUT2D eigenvalue weighted by Gasteiger charge is 2.58. The van der Waals surface area contributed by atoms with Crippen LogP contribution in [0.3, 0.4) is 0 Å². The van der Waals surface area contributed by atoms with Crippen molar-refractivity contribution in [3.8, 4) is 0 Å². The van der Waals surface area contributed by atoms with Gasteiger partial charge in [-0.05, 0) is 41.0 Å². The number of hydrogen-bond acceptors (Lipinski definition) is 4. The largest absolute Gasteiger partial charge is 0.378 e. The molecule has 0 radical (unpaired) electrons. The Balaban J connectivity index is 0.00000576. The molecule has 1 saturated carbocycles. The predicted molar refractivity (Wildman–Crippen MR) is 116 cm³/mol. The van der Waals surface area contributed by atoms with Gasteiger partial charge in [-0.1, -0.05) is 13.8 Å². The van der Waals surface area contributed by atoms with E-state index in [0.717, 1.165) is 13.0 Å². The molecule has 1 aliphatic carbocycles. The summed E-state index contributed by atoms with van der Waals surface area (Å²) in [6, 6.07) is 0.236. The minimum atomic E-state index is -3.16. The van der Waals surface area contributed by atoms with Crippen molar-refractivity contribution in [2.24, 2.45) is 10.4 Å². The first-order chi connectivity index (χ1) is 10.8. The second kappa shape index (κ2) is 8.73. The van der Waals surface area contributed by atoms with Crippen LogP contribution >= 0.6 is 24.0 Å². The quantitative estimate of drug-likeness (QED) is 0.341. The van der Waals surface area contributed by atoms with Gasteiger partial charge in [-0.15, -0.1) is 24.0 Å². The average molecular weight is 489 g/mol. The number of nitrogens with one attached hydrogen (secondary N) is 2. The standard InChI is InChI=1S/C17H35N3O3S.HI/c1-9-18-14(19-10-11-24(21,22)15(2,3)4)20-13-12-17(7,23-8)16(13,5)6;/h13H,9-12H2,1-8H3,(H2,18,19,20);1H. The second-order valence-electron chi connectivity index (χ2n) is 8.25. The van der Waals surface area contributed by atoms with Crippen molar-refractivity contribution >= 4 is 39.8 Å². The summed E-state index contributed by atoms with van der Waals surface area (Å²) in [6.07, 6.45) is 0.890. The third-order valence-electron chi connectivity index (χ3n) is 5.50. The lowest BCUT2D eigenvalue weighted by Gasteiger charge is -2.59. The number of halogens is 1. The molecule has 2 N–H and O–H groups in total.